The molecule has 3 aliphatic rings. The van der Waals surface area contributed by atoms with Crippen LogP contribution >= 0.6 is 0 Å². The van der Waals surface area contributed by atoms with Crippen molar-refractivity contribution in [1.29, 1.82) is 0 Å². The Morgan fingerprint density at radius 1 is 1.28 bits per heavy atom. The largest absolute Gasteiger partial charge is 0.381 e. The zero-order chi connectivity index (χ0) is 17.4. The first-order valence-electron chi connectivity index (χ1n) is 9.26. The third-order valence-electron chi connectivity index (χ3n) is 5.99. The van der Waals surface area contributed by atoms with E-state index in [1.54, 1.807) is 24.1 Å². The Balaban J connectivity index is 1.48. The summed E-state index contributed by atoms with van der Waals surface area (Å²) in [5.74, 6) is 0.244. The molecule has 0 aromatic carbocycles. The smallest absolute Gasteiger partial charge is 0.257 e. The summed E-state index contributed by atoms with van der Waals surface area (Å²) >= 11 is 0. The normalized spacial score (nSPS) is 28.1. The average Bonchev–Trinajstić information content (AvgIpc) is 3.25. The molecule has 0 radical (unpaired) electrons. The second-order valence-corrected chi connectivity index (χ2v) is 7.61. The lowest BCUT2D eigenvalue weighted by atomic mass is 9.77. The van der Waals surface area contributed by atoms with Crippen molar-refractivity contribution in [2.45, 2.75) is 38.1 Å². The average molecular weight is 346 g/mol. The third-order valence-corrected chi connectivity index (χ3v) is 5.99. The van der Waals surface area contributed by atoms with Crippen LogP contribution in [-0.4, -0.2) is 70.3 Å². The Morgan fingerprint density at radius 3 is 2.80 bits per heavy atom. The maximum Gasteiger partial charge on any atom is 0.257 e. The predicted molar refractivity (Wildman–Crippen MR) is 90.9 cm³/mol. The van der Waals surface area contributed by atoms with Crippen molar-refractivity contribution in [3.63, 3.8) is 0 Å². The van der Waals surface area contributed by atoms with E-state index in [0.717, 1.165) is 51.9 Å². The van der Waals surface area contributed by atoms with Gasteiger partial charge in [-0.3, -0.25) is 14.3 Å². The van der Waals surface area contributed by atoms with Gasteiger partial charge in [-0.15, -0.1) is 0 Å². The molecule has 4 heterocycles. The molecule has 3 fully saturated rings. The summed E-state index contributed by atoms with van der Waals surface area (Å²) in [6.45, 7) is 3.53. The number of ether oxygens (including phenoxy) is 1. The molecule has 2 amide bonds. The van der Waals surface area contributed by atoms with Gasteiger partial charge >= 0.3 is 0 Å². The van der Waals surface area contributed by atoms with Crippen LogP contribution in [0.4, 0.5) is 0 Å². The lowest BCUT2D eigenvalue weighted by Gasteiger charge is -2.44. The monoisotopic (exact) mass is 346 g/mol. The summed E-state index contributed by atoms with van der Waals surface area (Å²) in [6.07, 6.45) is 7.90. The Bertz CT molecular complexity index is 667. The molecule has 25 heavy (non-hydrogen) atoms. The van der Waals surface area contributed by atoms with Crippen LogP contribution < -0.4 is 0 Å². The number of hydrogen-bond donors (Lipinski definition) is 0. The van der Waals surface area contributed by atoms with Crippen molar-refractivity contribution in [1.82, 2.24) is 19.6 Å². The number of rotatable bonds is 2. The molecule has 3 aliphatic heterocycles. The van der Waals surface area contributed by atoms with Crippen molar-refractivity contribution in [2.24, 2.45) is 12.5 Å². The topological polar surface area (TPSA) is 67.7 Å². The number of amides is 2. The van der Waals surface area contributed by atoms with E-state index in [-0.39, 0.29) is 17.2 Å². The second-order valence-electron chi connectivity index (χ2n) is 7.61. The van der Waals surface area contributed by atoms with Crippen molar-refractivity contribution < 1.29 is 14.3 Å². The van der Waals surface area contributed by atoms with Crippen molar-refractivity contribution >= 4 is 11.8 Å². The molecular formula is C18H26N4O3. The van der Waals surface area contributed by atoms with Crippen molar-refractivity contribution in [3.8, 4) is 0 Å². The number of aryl methyl sites for hydroxylation is 1. The Labute approximate surface area is 147 Å². The predicted octanol–water partition coefficient (Wildman–Crippen LogP) is 1.05. The molecule has 0 aliphatic carbocycles. The summed E-state index contributed by atoms with van der Waals surface area (Å²) in [5, 5.41) is 4.08. The molecule has 3 saturated heterocycles. The van der Waals surface area contributed by atoms with Gasteiger partial charge in [0.25, 0.3) is 5.91 Å². The molecule has 1 atom stereocenters. The highest BCUT2D eigenvalue weighted by atomic mass is 16.5. The molecule has 7 heteroatoms. The van der Waals surface area contributed by atoms with Gasteiger partial charge in [0.2, 0.25) is 5.91 Å². The van der Waals surface area contributed by atoms with E-state index >= 15 is 0 Å². The molecule has 0 N–H and O–H groups in total. The number of aromatic nitrogens is 2. The van der Waals surface area contributed by atoms with Crippen LogP contribution in [-0.2, 0) is 16.6 Å². The first kappa shape index (κ1) is 16.6. The maximum absolute atomic E-state index is 13.3. The van der Waals surface area contributed by atoms with E-state index in [2.05, 4.69) is 10.00 Å². The number of likely N-dealkylation sites (tertiary alicyclic amines) is 2. The fourth-order valence-electron chi connectivity index (χ4n) is 4.58. The Kier molecular flexibility index (Phi) is 4.27. The lowest BCUT2D eigenvalue weighted by molar-refractivity contribution is -0.150. The SMILES string of the molecule is Cn1cc(C(=O)N2CC[C@]3(CCCN(C4CCOCC4)C3=O)C2)cn1. The highest BCUT2D eigenvalue weighted by Crippen LogP contribution is 2.41. The number of carbonyl (C=O) groups excluding carboxylic acids is 2. The first-order valence-corrected chi connectivity index (χ1v) is 9.26. The van der Waals surface area contributed by atoms with Gasteiger partial charge in [-0.2, -0.15) is 5.10 Å². The first-order chi connectivity index (χ1) is 12.1. The zero-order valence-corrected chi connectivity index (χ0v) is 14.8. The summed E-state index contributed by atoms with van der Waals surface area (Å²) in [6, 6.07) is 0.307. The molecule has 1 aromatic heterocycles. The molecule has 0 saturated carbocycles. The van der Waals surface area contributed by atoms with E-state index in [9.17, 15) is 9.59 Å². The van der Waals surface area contributed by atoms with Crippen LogP contribution in [0.2, 0.25) is 0 Å². The third kappa shape index (κ3) is 2.94. The van der Waals surface area contributed by atoms with Crippen molar-refractivity contribution in [3.05, 3.63) is 18.0 Å². The van der Waals surface area contributed by atoms with Crippen LogP contribution in [0, 0.1) is 5.41 Å². The molecule has 0 unspecified atom stereocenters. The molecule has 1 spiro atoms. The number of hydrogen-bond acceptors (Lipinski definition) is 4. The quantitative estimate of drug-likeness (QED) is 0.803. The second kappa shape index (κ2) is 6.44. The van der Waals surface area contributed by atoms with Gasteiger partial charge in [0, 0.05) is 52.1 Å². The van der Waals surface area contributed by atoms with E-state index in [1.807, 2.05) is 4.90 Å². The summed E-state index contributed by atoms with van der Waals surface area (Å²) in [4.78, 5) is 29.9. The van der Waals surface area contributed by atoms with Gasteiger partial charge in [0.1, 0.15) is 0 Å². The van der Waals surface area contributed by atoms with Crippen LogP contribution in [0.1, 0.15) is 42.5 Å². The standard InChI is InChI=1S/C18H26N4O3/c1-20-12-14(11-19-20)16(23)21-8-6-18(13-21)5-2-7-22(17(18)24)15-3-9-25-10-4-15/h11-12,15H,2-10,13H2,1H3/t18-/m1/s1. The zero-order valence-electron chi connectivity index (χ0n) is 14.8. The van der Waals surface area contributed by atoms with Crippen LogP contribution in [0.15, 0.2) is 12.4 Å². The minimum absolute atomic E-state index is 0.0130. The minimum atomic E-state index is -0.381. The van der Waals surface area contributed by atoms with Gasteiger partial charge in [-0.05, 0) is 32.1 Å². The van der Waals surface area contributed by atoms with E-state index in [4.69, 9.17) is 4.74 Å². The van der Waals surface area contributed by atoms with E-state index in [1.165, 1.54) is 0 Å². The highest BCUT2D eigenvalue weighted by molar-refractivity contribution is 5.95. The van der Waals surface area contributed by atoms with Crippen LogP contribution in [0.25, 0.3) is 0 Å². The van der Waals surface area contributed by atoms with Gasteiger partial charge < -0.3 is 14.5 Å². The fraction of sp³-hybridized carbons (Fsp3) is 0.722. The van der Waals surface area contributed by atoms with Crippen LogP contribution in [0.5, 0.6) is 0 Å². The number of carbonyl (C=O) groups is 2. The molecule has 4 rings (SSSR count). The van der Waals surface area contributed by atoms with Gasteiger partial charge in [-0.1, -0.05) is 0 Å². The Hall–Kier alpha value is -1.89. The van der Waals surface area contributed by atoms with Crippen LogP contribution in [0.3, 0.4) is 0 Å². The number of piperidine rings is 1. The molecule has 0 bridgehead atoms. The van der Waals surface area contributed by atoms with Gasteiger partial charge in [0.05, 0.1) is 17.2 Å². The van der Waals surface area contributed by atoms with Gasteiger partial charge in [-0.25, -0.2) is 0 Å². The Morgan fingerprint density at radius 2 is 2.08 bits per heavy atom. The molecular weight excluding hydrogens is 320 g/mol. The molecule has 136 valence electrons. The molecule has 1 aromatic rings. The summed E-state index contributed by atoms with van der Waals surface area (Å²) in [5.41, 5.74) is 0.220. The van der Waals surface area contributed by atoms with E-state index < -0.39 is 0 Å². The highest BCUT2D eigenvalue weighted by Gasteiger charge is 2.50. The van der Waals surface area contributed by atoms with Gasteiger partial charge in [0.15, 0.2) is 0 Å². The maximum atomic E-state index is 13.3. The van der Waals surface area contributed by atoms with Crippen molar-refractivity contribution in [2.75, 3.05) is 32.8 Å². The number of nitrogens with zero attached hydrogens (tertiary/aromatic N) is 4. The summed E-state index contributed by atoms with van der Waals surface area (Å²) in [7, 11) is 1.80. The summed E-state index contributed by atoms with van der Waals surface area (Å²) < 4.78 is 7.08. The minimum Gasteiger partial charge on any atom is -0.381 e. The van der Waals surface area contributed by atoms with E-state index in [0.29, 0.717) is 24.7 Å². The molecule has 7 nitrogen and oxygen atoms in total. The lowest BCUT2D eigenvalue weighted by Crippen LogP contribution is -2.55. The fourth-order valence-corrected chi connectivity index (χ4v) is 4.58.